The van der Waals surface area contributed by atoms with Gasteiger partial charge in [0.15, 0.2) is 0 Å². The van der Waals surface area contributed by atoms with Crippen LogP contribution in [0.3, 0.4) is 0 Å². The van der Waals surface area contributed by atoms with Crippen molar-refractivity contribution < 1.29 is 10.3 Å². The van der Waals surface area contributed by atoms with Crippen LogP contribution in [-0.2, 0) is 6.54 Å². The summed E-state index contributed by atoms with van der Waals surface area (Å²) in [6.07, 6.45) is 0. The van der Waals surface area contributed by atoms with Crippen molar-refractivity contribution in [1.29, 1.82) is 0 Å². The van der Waals surface area contributed by atoms with Gasteiger partial charge >= 0.3 is 0 Å². The van der Waals surface area contributed by atoms with Crippen molar-refractivity contribution in [1.82, 2.24) is 5.06 Å². The number of nitrogens with zero attached hydrogens (tertiary/aromatic N) is 1. The monoisotopic (exact) mass is 167 g/mol. The normalized spacial score (nSPS) is 10.7. The maximum Gasteiger partial charge on any atom is 0.120 e. The molecule has 2 N–H and O–H groups in total. The van der Waals surface area contributed by atoms with E-state index in [-0.39, 0.29) is 5.75 Å². The molecule has 0 fully saturated rings. The summed E-state index contributed by atoms with van der Waals surface area (Å²) in [5.74, 6) is 0.232. The number of benzene rings is 1. The first-order valence-electron chi connectivity index (χ1n) is 3.78. The van der Waals surface area contributed by atoms with Gasteiger partial charge in [-0.3, -0.25) is 0 Å². The van der Waals surface area contributed by atoms with E-state index in [1.165, 1.54) is 0 Å². The highest BCUT2D eigenvalue weighted by Gasteiger charge is 2.02. The number of phenols is 1. The summed E-state index contributed by atoms with van der Waals surface area (Å²) in [6, 6.07) is 5.38. The lowest BCUT2D eigenvalue weighted by molar-refractivity contribution is -0.0735. The second-order valence-corrected chi connectivity index (χ2v) is 2.95. The smallest absolute Gasteiger partial charge is 0.120 e. The molecule has 1 rings (SSSR count). The molecule has 0 unspecified atom stereocenters. The molecule has 0 aliphatic heterocycles. The maximum absolute atomic E-state index is 9.40. The van der Waals surface area contributed by atoms with Gasteiger partial charge in [-0.1, -0.05) is 12.1 Å². The summed E-state index contributed by atoms with van der Waals surface area (Å²) in [7, 11) is 1.54. The van der Waals surface area contributed by atoms with E-state index in [0.717, 1.165) is 16.2 Å². The molecular weight excluding hydrogens is 154 g/mol. The van der Waals surface area contributed by atoms with Gasteiger partial charge in [0, 0.05) is 12.6 Å². The zero-order valence-corrected chi connectivity index (χ0v) is 7.28. The molecule has 0 bridgehead atoms. The Morgan fingerprint density at radius 1 is 1.42 bits per heavy atom. The van der Waals surface area contributed by atoms with Crippen LogP contribution in [0.5, 0.6) is 5.75 Å². The van der Waals surface area contributed by atoms with Crippen molar-refractivity contribution in [2.45, 2.75) is 13.5 Å². The van der Waals surface area contributed by atoms with Crippen molar-refractivity contribution in [3.05, 3.63) is 29.3 Å². The molecule has 3 nitrogen and oxygen atoms in total. The maximum atomic E-state index is 9.40. The lowest BCUT2D eigenvalue weighted by atomic mass is 10.1. The molecule has 0 aliphatic carbocycles. The summed E-state index contributed by atoms with van der Waals surface area (Å²) in [6.45, 7) is 2.25. The fourth-order valence-corrected chi connectivity index (χ4v) is 1.05. The molecule has 0 aromatic heterocycles. The Morgan fingerprint density at radius 3 is 2.58 bits per heavy atom. The number of rotatable bonds is 2. The van der Waals surface area contributed by atoms with Crippen molar-refractivity contribution in [3.8, 4) is 5.75 Å². The first-order valence-corrected chi connectivity index (χ1v) is 3.78. The molecule has 12 heavy (non-hydrogen) atoms. The van der Waals surface area contributed by atoms with E-state index in [0.29, 0.717) is 6.54 Å². The van der Waals surface area contributed by atoms with Crippen molar-refractivity contribution in [3.63, 3.8) is 0 Å². The van der Waals surface area contributed by atoms with Gasteiger partial charge in [-0.05, 0) is 18.6 Å². The van der Waals surface area contributed by atoms with Crippen LogP contribution in [-0.4, -0.2) is 22.4 Å². The first-order chi connectivity index (χ1) is 5.59. The van der Waals surface area contributed by atoms with Crippen LogP contribution in [0, 0.1) is 6.92 Å². The van der Waals surface area contributed by atoms with Crippen LogP contribution in [0.2, 0.25) is 0 Å². The Hall–Kier alpha value is -1.06. The highest BCUT2D eigenvalue weighted by molar-refractivity contribution is 5.35. The lowest BCUT2D eigenvalue weighted by Crippen LogP contribution is -2.11. The summed E-state index contributed by atoms with van der Waals surface area (Å²) in [5, 5.41) is 19.4. The zero-order chi connectivity index (χ0) is 9.14. The number of aryl methyl sites for hydroxylation is 1. The van der Waals surface area contributed by atoms with E-state index in [1.807, 2.05) is 13.0 Å². The second-order valence-electron chi connectivity index (χ2n) is 2.95. The topological polar surface area (TPSA) is 43.7 Å². The third kappa shape index (κ3) is 2.22. The molecule has 0 saturated heterocycles. The first kappa shape index (κ1) is 9.03. The number of hydrogen-bond donors (Lipinski definition) is 2. The minimum absolute atomic E-state index is 0.232. The Morgan fingerprint density at radius 2 is 2.08 bits per heavy atom. The average molecular weight is 167 g/mol. The Balaban J connectivity index is 2.86. The molecule has 0 aliphatic rings. The molecule has 0 radical (unpaired) electrons. The number of hydrogen-bond acceptors (Lipinski definition) is 3. The lowest BCUT2D eigenvalue weighted by Gasteiger charge is -2.09. The van der Waals surface area contributed by atoms with Gasteiger partial charge in [-0.15, -0.1) is 0 Å². The molecule has 1 aromatic rings. The van der Waals surface area contributed by atoms with E-state index in [9.17, 15) is 5.11 Å². The van der Waals surface area contributed by atoms with Gasteiger partial charge in [-0.25, -0.2) is 0 Å². The average Bonchev–Trinajstić information content (AvgIpc) is 1.94. The summed E-state index contributed by atoms with van der Waals surface area (Å²) < 4.78 is 0. The fraction of sp³-hybridized carbons (Fsp3) is 0.333. The third-order valence-corrected chi connectivity index (χ3v) is 1.64. The molecule has 0 atom stereocenters. The molecule has 3 heteroatoms. The van der Waals surface area contributed by atoms with Gasteiger partial charge in [0.1, 0.15) is 5.75 Å². The van der Waals surface area contributed by atoms with E-state index >= 15 is 0 Å². The minimum Gasteiger partial charge on any atom is -0.508 e. The predicted molar refractivity (Wildman–Crippen MR) is 46.1 cm³/mol. The SMILES string of the molecule is Cc1ccc(CN(C)O)c(O)c1. The largest absolute Gasteiger partial charge is 0.508 e. The quantitative estimate of drug-likeness (QED) is 0.656. The molecule has 0 saturated carbocycles. The van der Waals surface area contributed by atoms with Crippen LogP contribution >= 0.6 is 0 Å². The molecule has 1 aromatic carbocycles. The van der Waals surface area contributed by atoms with Crippen LogP contribution < -0.4 is 0 Å². The number of phenolic OH excluding ortho intramolecular Hbond substituents is 1. The van der Waals surface area contributed by atoms with E-state index in [2.05, 4.69) is 0 Å². The molecule has 66 valence electrons. The Labute approximate surface area is 71.8 Å². The summed E-state index contributed by atoms with van der Waals surface area (Å²) in [4.78, 5) is 0. The van der Waals surface area contributed by atoms with Gasteiger partial charge < -0.3 is 10.3 Å². The molecule has 0 spiro atoms. The van der Waals surface area contributed by atoms with Crippen LogP contribution in [0.15, 0.2) is 18.2 Å². The van der Waals surface area contributed by atoms with Gasteiger partial charge in [0.25, 0.3) is 0 Å². The van der Waals surface area contributed by atoms with E-state index < -0.39 is 0 Å². The van der Waals surface area contributed by atoms with Crippen LogP contribution in [0.1, 0.15) is 11.1 Å². The van der Waals surface area contributed by atoms with Crippen LogP contribution in [0.4, 0.5) is 0 Å². The second kappa shape index (κ2) is 3.56. The van der Waals surface area contributed by atoms with Gasteiger partial charge in [0.05, 0.1) is 6.54 Å². The third-order valence-electron chi connectivity index (χ3n) is 1.64. The van der Waals surface area contributed by atoms with Crippen LogP contribution in [0.25, 0.3) is 0 Å². The van der Waals surface area contributed by atoms with Crippen molar-refractivity contribution in [2.24, 2.45) is 0 Å². The van der Waals surface area contributed by atoms with Gasteiger partial charge in [0.2, 0.25) is 0 Å². The highest BCUT2D eigenvalue weighted by atomic mass is 16.5. The van der Waals surface area contributed by atoms with E-state index in [4.69, 9.17) is 5.21 Å². The summed E-state index contributed by atoms with van der Waals surface area (Å²) in [5.41, 5.74) is 1.74. The number of aromatic hydroxyl groups is 1. The van der Waals surface area contributed by atoms with E-state index in [1.54, 1.807) is 19.2 Å². The minimum atomic E-state index is 0.232. The van der Waals surface area contributed by atoms with Gasteiger partial charge in [-0.2, -0.15) is 5.06 Å². The Bertz CT molecular complexity index is 271. The van der Waals surface area contributed by atoms with Crippen molar-refractivity contribution in [2.75, 3.05) is 7.05 Å². The molecule has 0 heterocycles. The Kier molecular flexibility index (Phi) is 2.68. The van der Waals surface area contributed by atoms with Crippen molar-refractivity contribution >= 4 is 0 Å². The standard InChI is InChI=1S/C9H13NO2/c1-7-3-4-8(6-10(2)12)9(11)5-7/h3-5,11-12H,6H2,1-2H3. The number of hydroxylamine groups is 2. The predicted octanol–water partition coefficient (Wildman–Crippen LogP) is 1.52. The summed E-state index contributed by atoms with van der Waals surface area (Å²) >= 11 is 0. The molecule has 0 amide bonds. The highest BCUT2D eigenvalue weighted by Crippen LogP contribution is 2.18. The molecular formula is C9H13NO2. The fourth-order valence-electron chi connectivity index (χ4n) is 1.05. The zero-order valence-electron chi connectivity index (χ0n) is 7.28.